The van der Waals surface area contributed by atoms with Gasteiger partial charge in [0.2, 0.25) is 0 Å². The SMILES string of the molecule is [C-]#[N+]c1ccc(OC(C)C)c(Nc2nc(-c3cccnc3)cs2)c1. The van der Waals surface area contributed by atoms with E-state index in [4.69, 9.17) is 11.3 Å². The highest BCUT2D eigenvalue weighted by molar-refractivity contribution is 7.14. The Morgan fingerprint density at radius 1 is 1.29 bits per heavy atom. The first-order valence-corrected chi connectivity index (χ1v) is 8.35. The molecule has 2 aromatic heterocycles. The first kappa shape index (κ1) is 16.0. The average molecular weight is 336 g/mol. The van der Waals surface area contributed by atoms with Crippen LogP contribution in [0.15, 0.2) is 48.1 Å². The van der Waals surface area contributed by atoms with Gasteiger partial charge in [0.1, 0.15) is 5.75 Å². The van der Waals surface area contributed by atoms with Gasteiger partial charge >= 0.3 is 0 Å². The number of benzene rings is 1. The van der Waals surface area contributed by atoms with Crippen LogP contribution < -0.4 is 10.1 Å². The molecule has 0 unspecified atom stereocenters. The first-order valence-electron chi connectivity index (χ1n) is 7.47. The van der Waals surface area contributed by atoms with Gasteiger partial charge in [-0.1, -0.05) is 6.07 Å². The van der Waals surface area contributed by atoms with E-state index in [0.717, 1.165) is 22.1 Å². The van der Waals surface area contributed by atoms with Crippen molar-refractivity contribution in [1.29, 1.82) is 0 Å². The summed E-state index contributed by atoms with van der Waals surface area (Å²) in [4.78, 5) is 12.2. The van der Waals surface area contributed by atoms with E-state index < -0.39 is 0 Å². The molecule has 0 radical (unpaired) electrons. The van der Waals surface area contributed by atoms with Gasteiger partial charge in [0.25, 0.3) is 0 Å². The average Bonchev–Trinajstić information content (AvgIpc) is 3.05. The molecule has 5 nitrogen and oxygen atoms in total. The molecule has 0 aliphatic rings. The number of aromatic nitrogens is 2. The fourth-order valence-corrected chi connectivity index (χ4v) is 2.87. The quantitative estimate of drug-likeness (QED) is 0.643. The second-order valence-corrected chi connectivity index (χ2v) is 6.22. The smallest absolute Gasteiger partial charge is 0.189 e. The van der Waals surface area contributed by atoms with Crippen LogP contribution in [0.4, 0.5) is 16.5 Å². The highest BCUT2D eigenvalue weighted by Crippen LogP contribution is 2.34. The van der Waals surface area contributed by atoms with Crippen LogP contribution in [0.1, 0.15) is 13.8 Å². The normalized spacial score (nSPS) is 10.4. The highest BCUT2D eigenvalue weighted by atomic mass is 32.1. The number of nitrogens with zero attached hydrogens (tertiary/aromatic N) is 3. The fraction of sp³-hybridized carbons (Fsp3) is 0.167. The molecule has 1 N–H and O–H groups in total. The molecule has 0 atom stereocenters. The third-order valence-electron chi connectivity index (χ3n) is 3.16. The van der Waals surface area contributed by atoms with E-state index in [1.165, 1.54) is 11.3 Å². The number of thiazole rings is 1. The Labute approximate surface area is 144 Å². The van der Waals surface area contributed by atoms with Crippen molar-refractivity contribution in [2.24, 2.45) is 0 Å². The lowest BCUT2D eigenvalue weighted by Crippen LogP contribution is -2.07. The zero-order valence-electron chi connectivity index (χ0n) is 13.4. The zero-order valence-corrected chi connectivity index (χ0v) is 14.2. The third kappa shape index (κ3) is 3.70. The van der Waals surface area contributed by atoms with Crippen molar-refractivity contribution in [1.82, 2.24) is 9.97 Å². The predicted molar refractivity (Wildman–Crippen MR) is 97.1 cm³/mol. The lowest BCUT2D eigenvalue weighted by Gasteiger charge is -2.15. The summed E-state index contributed by atoms with van der Waals surface area (Å²) in [6.45, 7) is 11.1. The summed E-state index contributed by atoms with van der Waals surface area (Å²) in [5.74, 6) is 0.704. The van der Waals surface area contributed by atoms with Gasteiger partial charge in [-0.05, 0) is 38.1 Å². The number of pyridine rings is 1. The molecule has 2 heterocycles. The molecule has 24 heavy (non-hydrogen) atoms. The van der Waals surface area contributed by atoms with Crippen molar-refractivity contribution in [2.75, 3.05) is 5.32 Å². The molecule has 0 fully saturated rings. The lowest BCUT2D eigenvalue weighted by atomic mass is 10.2. The Balaban J connectivity index is 1.88. The van der Waals surface area contributed by atoms with Crippen LogP contribution in [0.5, 0.6) is 5.75 Å². The molecule has 3 aromatic rings. The molecule has 0 bridgehead atoms. The number of anilines is 2. The molecule has 0 amide bonds. The molecule has 120 valence electrons. The van der Waals surface area contributed by atoms with Gasteiger partial charge < -0.3 is 10.1 Å². The maximum atomic E-state index is 7.19. The molecule has 0 aliphatic carbocycles. The molecule has 6 heteroatoms. The van der Waals surface area contributed by atoms with E-state index in [-0.39, 0.29) is 6.10 Å². The van der Waals surface area contributed by atoms with Crippen molar-refractivity contribution in [2.45, 2.75) is 20.0 Å². The van der Waals surface area contributed by atoms with Crippen molar-refractivity contribution in [3.8, 4) is 17.0 Å². The van der Waals surface area contributed by atoms with Crippen molar-refractivity contribution in [3.05, 3.63) is 59.5 Å². The van der Waals surface area contributed by atoms with Crippen LogP contribution in [0.2, 0.25) is 0 Å². The number of hydrogen-bond donors (Lipinski definition) is 1. The minimum absolute atomic E-state index is 0.0478. The lowest BCUT2D eigenvalue weighted by molar-refractivity contribution is 0.244. The van der Waals surface area contributed by atoms with Gasteiger partial charge in [-0.15, -0.1) is 11.3 Å². The van der Waals surface area contributed by atoms with Crippen LogP contribution in [-0.4, -0.2) is 16.1 Å². The summed E-state index contributed by atoms with van der Waals surface area (Å²) in [6, 6.07) is 9.19. The van der Waals surface area contributed by atoms with Gasteiger partial charge in [0.05, 0.1) is 24.1 Å². The topological polar surface area (TPSA) is 51.4 Å². The minimum Gasteiger partial charge on any atom is -0.489 e. The van der Waals surface area contributed by atoms with Crippen molar-refractivity contribution >= 4 is 27.8 Å². The van der Waals surface area contributed by atoms with E-state index in [9.17, 15) is 0 Å². The van der Waals surface area contributed by atoms with Crippen LogP contribution >= 0.6 is 11.3 Å². The van der Waals surface area contributed by atoms with Crippen LogP contribution in [0.3, 0.4) is 0 Å². The van der Waals surface area contributed by atoms with Gasteiger partial charge in [-0.2, -0.15) is 0 Å². The Morgan fingerprint density at radius 2 is 2.17 bits per heavy atom. The van der Waals surface area contributed by atoms with E-state index in [0.29, 0.717) is 11.4 Å². The van der Waals surface area contributed by atoms with Crippen molar-refractivity contribution in [3.63, 3.8) is 0 Å². The molecule has 0 saturated heterocycles. The Bertz CT molecular complexity index is 868. The molecular weight excluding hydrogens is 320 g/mol. The summed E-state index contributed by atoms with van der Waals surface area (Å²) in [6.07, 6.45) is 3.57. The summed E-state index contributed by atoms with van der Waals surface area (Å²) in [7, 11) is 0. The Morgan fingerprint density at radius 3 is 2.88 bits per heavy atom. The highest BCUT2D eigenvalue weighted by Gasteiger charge is 2.10. The van der Waals surface area contributed by atoms with E-state index in [1.54, 1.807) is 24.5 Å². The first-order chi connectivity index (χ1) is 11.7. The molecule has 0 spiro atoms. The number of nitrogens with one attached hydrogen (secondary N) is 1. The summed E-state index contributed by atoms with van der Waals surface area (Å²) in [5.41, 5.74) is 3.13. The number of ether oxygens (including phenoxy) is 1. The summed E-state index contributed by atoms with van der Waals surface area (Å²) >= 11 is 1.50. The minimum atomic E-state index is 0.0478. The monoisotopic (exact) mass is 336 g/mol. The zero-order chi connectivity index (χ0) is 16.9. The molecule has 0 saturated carbocycles. The summed E-state index contributed by atoms with van der Waals surface area (Å²) < 4.78 is 5.81. The molecule has 3 rings (SSSR count). The van der Waals surface area contributed by atoms with Gasteiger partial charge in [-0.25, -0.2) is 9.83 Å². The second-order valence-electron chi connectivity index (χ2n) is 5.36. The predicted octanol–water partition coefficient (Wildman–Crippen LogP) is 5.29. The molecular formula is C18H16N4OS. The maximum absolute atomic E-state index is 7.19. The Hall–Kier alpha value is -2.91. The third-order valence-corrected chi connectivity index (χ3v) is 3.92. The standard InChI is InChI=1S/C18H16N4OS/c1-12(2)23-17-7-6-14(19-3)9-15(17)21-18-22-16(11-24-18)13-5-4-8-20-10-13/h4-12H,1-2H3,(H,21,22). The van der Waals surface area contributed by atoms with Crippen LogP contribution in [0, 0.1) is 6.57 Å². The van der Waals surface area contributed by atoms with Crippen LogP contribution in [0.25, 0.3) is 16.1 Å². The molecule has 1 aromatic carbocycles. The van der Waals surface area contributed by atoms with E-state index >= 15 is 0 Å². The van der Waals surface area contributed by atoms with Gasteiger partial charge in [0, 0.05) is 23.3 Å². The molecule has 0 aliphatic heterocycles. The van der Waals surface area contributed by atoms with Crippen molar-refractivity contribution < 1.29 is 4.74 Å². The second kappa shape index (κ2) is 7.11. The van der Waals surface area contributed by atoms with Crippen LogP contribution in [-0.2, 0) is 0 Å². The number of hydrogen-bond acceptors (Lipinski definition) is 5. The number of rotatable bonds is 5. The summed E-state index contributed by atoms with van der Waals surface area (Å²) in [5, 5.41) is 5.98. The van der Waals surface area contributed by atoms with E-state index in [1.807, 2.05) is 37.4 Å². The largest absolute Gasteiger partial charge is 0.489 e. The fourth-order valence-electron chi connectivity index (χ4n) is 2.14. The maximum Gasteiger partial charge on any atom is 0.189 e. The van der Waals surface area contributed by atoms with Gasteiger partial charge in [0.15, 0.2) is 10.8 Å². The van der Waals surface area contributed by atoms with Gasteiger partial charge in [-0.3, -0.25) is 4.98 Å². The Kier molecular flexibility index (Phi) is 4.73. The van der Waals surface area contributed by atoms with E-state index in [2.05, 4.69) is 20.1 Å².